The first-order valence-electron chi connectivity index (χ1n) is 5.33. The van der Waals surface area contributed by atoms with Crippen LogP contribution in [0.25, 0.3) is 0 Å². The SMILES string of the molecule is COCCN(CCBr)S(=O)(=O)c1cccc(F)c1. The molecule has 0 saturated heterocycles. The molecule has 0 unspecified atom stereocenters. The molecule has 1 aromatic rings. The lowest BCUT2D eigenvalue weighted by molar-refractivity contribution is 0.180. The van der Waals surface area contributed by atoms with Crippen LogP contribution in [0.2, 0.25) is 0 Å². The van der Waals surface area contributed by atoms with E-state index in [-0.39, 0.29) is 11.4 Å². The second-order valence-electron chi connectivity index (χ2n) is 3.54. The van der Waals surface area contributed by atoms with Crippen molar-refractivity contribution in [2.45, 2.75) is 4.90 Å². The Morgan fingerprint density at radius 2 is 2.11 bits per heavy atom. The van der Waals surface area contributed by atoms with Gasteiger partial charge in [0.05, 0.1) is 11.5 Å². The molecule has 0 aliphatic carbocycles. The lowest BCUT2D eigenvalue weighted by Crippen LogP contribution is -2.35. The Morgan fingerprint density at radius 3 is 2.67 bits per heavy atom. The Hall–Kier alpha value is -0.500. The quantitative estimate of drug-likeness (QED) is 0.712. The summed E-state index contributed by atoms with van der Waals surface area (Å²) in [6, 6.07) is 4.99. The third kappa shape index (κ3) is 4.01. The van der Waals surface area contributed by atoms with E-state index in [1.165, 1.54) is 29.6 Å². The number of halogens is 2. The van der Waals surface area contributed by atoms with Crippen molar-refractivity contribution in [2.24, 2.45) is 0 Å². The van der Waals surface area contributed by atoms with E-state index in [1.807, 2.05) is 0 Å². The van der Waals surface area contributed by atoms with Crippen LogP contribution in [0.1, 0.15) is 0 Å². The lowest BCUT2D eigenvalue weighted by Gasteiger charge is -2.20. The topological polar surface area (TPSA) is 46.6 Å². The van der Waals surface area contributed by atoms with Crippen molar-refractivity contribution in [3.05, 3.63) is 30.1 Å². The van der Waals surface area contributed by atoms with E-state index in [0.29, 0.717) is 18.5 Å². The average molecular weight is 340 g/mol. The van der Waals surface area contributed by atoms with Crippen molar-refractivity contribution < 1.29 is 17.5 Å². The molecule has 0 aromatic heterocycles. The summed E-state index contributed by atoms with van der Waals surface area (Å²) in [7, 11) is -2.17. The first kappa shape index (κ1) is 15.6. The second kappa shape index (κ2) is 7.18. The fraction of sp³-hybridized carbons (Fsp3) is 0.455. The van der Waals surface area contributed by atoms with Crippen LogP contribution < -0.4 is 0 Å². The number of rotatable bonds is 7. The maximum Gasteiger partial charge on any atom is 0.243 e. The van der Waals surface area contributed by atoms with E-state index >= 15 is 0 Å². The number of alkyl halides is 1. The summed E-state index contributed by atoms with van der Waals surface area (Å²) in [4.78, 5) is -0.0421. The zero-order chi connectivity index (χ0) is 13.6. The first-order valence-corrected chi connectivity index (χ1v) is 7.89. The van der Waals surface area contributed by atoms with E-state index in [1.54, 1.807) is 0 Å². The summed E-state index contributed by atoms with van der Waals surface area (Å²) < 4.78 is 43.8. The third-order valence-electron chi connectivity index (χ3n) is 2.31. The standard InChI is InChI=1S/C11H15BrFNO3S/c1-17-8-7-14(6-5-12)18(15,16)11-4-2-3-10(13)9-11/h2-4,9H,5-8H2,1H3. The maximum absolute atomic E-state index is 13.1. The van der Waals surface area contributed by atoms with Gasteiger partial charge in [0, 0.05) is 25.5 Å². The van der Waals surface area contributed by atoms with E-state index in [9.17, 15) is 12.8 Å². The van der Waals surface area contributed by atoms with Crippen LogP contribution in [0.5, 0.6) is 0 Å². The minimum absolute atomic E-state index is 0.0421. The Balaban J connectivity index is 3.00. The largest absolute Gasteiger partial charge is 0.383 e. The number of hydrogen-bond acceptors (Lipinski definition) is 3. The van der Waals surface area contributed by atoms with Gasteiger partial charge in [-0.15, -0.1) is 0 Å². The van der Waals surface area contributed by atoms with Crippen LogP contribution in [-0.2, 0) is 14.8 Å². The molecule has 0 saturated carbocycles. The summed E-state index contributed by atoms with van der Waals surface area (Å²) >= 11 is 3.20. The molecule has 7 heteroatoms. The number of nitrogens with zero attached hydrogens (tertiary/aromatic N) is 1. The molecule has 0 fully saturated rings. The minimum Gasteiger partial charge on any atom is -0.383 e. The monoisotopic (exact) mass is 339 g/mol. The molecule has 0 spiro atoms. The molecule has 0 aliphatic rings. The molecule has 102 valence electrons. The number of methoxy groups -OCH3 is 1. The van der Waals surface area contributed by atoms with E-state index in [0.717, 1.165) is 6.07 Å². The summed E-state index contributed by atoms with van der Waals surface area (Å²) in [5.74, 6) is -0.568. The van der Waals surface area contributed by atoms with Gasteiger partial charge in [-0.3, -0.25) is 0 Å². The summed E-state index contributed by atoms with van der Waals surface area (Å²) in [6.45, 7) is 0.838. The summed E-state index contributed by atoms with van der Waals surface area (Å²) in [5, 5.41) is 0.505. The van der Waals surface area contributed by atoms with Gasteiger partial charge in [-0.2, -0.15) is 4.31 Å². The summed E-state index contributed by atoms with van der Waals surface area (Å²) in [5.41, 5.74) is 0. The van der Waals surface area contributed by atoms with Gasteiger partial charge in [0.1, 0.15) is 5.82 Å². The van der Waals surface area contributed by atoms with Gasteiger partial charge in [-0.05, 0) is 18.2 Å². The zero-order valence-electron chi connectivity index (χ0n) is 9.97. The lowest BCUT2D eigenvalue weighted by atomic mass is 10.4. The van der Waals surface area contributed by atoms with Gasteiger partial charge in [0.2, 0.25) is 10.0 Å². The third-order valence-corrected chi connectivity index (χ3v) is 4.56. The highest BCUT2D eigenvalue weighted by atomic mass is 79.9. The van der Waals surface area contributed by atoms with Gasteiger partial charge < -0.3 is 4.74 Å². The van der Waals surface area contributed by atoms with Crippen LogP contribution in [-0.4, -0.2) is 44.9 Å². The Morgan fingerprint density at radius 1 is 1.39 bits per heavy atom. The smallest absolute Gasteiger partial charge is 0.243 e. The molecule has 0 heterocycles. The van der Waals surface area contributed by atoms with Crippen molar-refractivity contribution >= 4 is 26.0 Å². The van der Waals surface area contributed by atoms with E-state index in [4.69, 9.17) is 4.74 Å². The average Bonchev–Trinajstić information content (AvgIpc) is 2.34. The predicted octanol–water partition coefficient (Wildman–Crippen LogP) is 1.86. The number of sulfonamides is 1. The molecule has 18 heavy (non-hydrogen) atoms. The minimum atomic E-state index is -3.67. The van der Waals surface area contributed by atoms with E-state index < -0.39 is 15.8 Å². The normalized spacial score (nSPS) is 12.0. The van der Waals surface area contributed by atoms with Crippen LogP contribution in [0.4, 0.5) is 4.39 Å². The molecule has 0 amide bonds. The van der Waals surface area contributed by atoms with Gasteiger partial charge in [0.15, 0.2) is 0 Å². The van der Waals surface area contributed by atoms with Crippen LogP contribution >= 0.6 is 15.9 Å². The first-order chi connectivity index (χ1) is 8.52. The number of hydrogen-bond donors (Lipinski definition) is 0. The zero-order valence-corrected chi connectivity index (χ0v) is 12.4. The second-order valence-corrected chi connectivity index (χ2v) is 6.27. The Kier molecular flexibility index (Phi) is 6.20. The van der Waals surface area contributed by atoms with Crippen molar-refractivity contribution in [1.82, 2.24) is 4.31 Å². The molecule has 0 radical (unpaired) electrons. The molecule has 0 aliphatic heterocycles. The van der Waals surface area contributed by atoms with Gasteiger partial charge in [-0.25, -0.2) is 12.8 Å². The fourth-order valence-electron chi connectivity index (χ4n) is 1.42. The molecule has 0 N–H and O–H groups in total. The molecule has 4 nitrogen and oxygen atoms in total. The van der Waals surface area contributed by atoms with Crippen molar-refractivity contribution in [3.8, 4) is 0 Å². The number of benzene rings is 1. The predicted molar refractivity (Wildman–Crippen MR) is 70.8 cm³/mol. The summed E-state index contributed by atoms with van der Waals surface area (Å²) in [6.07, 6.45) is 0. The highest BCUT2D eigenvalue weighted by Gasteiger charge is 2.23. The fourth-order valence-corrected chi connectivity index (χ4v) is 3.54. The van der Waals surface area contributed by atoms with Crippen molar-refractivity contribution in [2.75, 3.05) is 32.1 Å². The molecule has 0 atom stereocenters. The molecular formula is C11H15BrFNO3S. The van der Waals surface area contributed by atoms with Crippen LogP contribution in [0, 0.1) is 5.82 Å². The molecule has 0 bridgehead atoms. The Labute approximate surface area is 115 Å². The van der Waals surface area contributed by atoms with Gasteiger partial charge in [0.25, 0.3) is 0 Å². The van der Waals surface area contributed by atoms with Crippen molar-refractivity contribution in [3.63, 3.8) is 0 Å². The number of ether oxygens (including phenoxy) is 1. The van der Waals surface area contributed by atoms with E-state index in [2.05, 4.69) is 15.9 Å². The molecular weight excluding hydrogens is 325 g/mol. The highest BCUT2D eigenvalue weighted by Crippen LogP contribution is 2.16. The maximum atomic E-state index is 13.1. The van der Waals surface area contributed by atoms with Gasteiger partial charge in [-0.1, -0.05) is 22.0 Å². The molecule has 1 aromatic carbocycles. The highest BCUT2D eigenvalue weighted by molar-refractivity contribution is 9.09. The van der Waals surface area contributed by atoms with Gasteiger partial charge >= 0.3 is 0 Å². The van der Waals surface area contributed by atoms with Crippen LogP contribution in [0.3, 0.4) is 0 Å². The van der Waals surface area contributed by atoms with Crippen molar-refractivity contribution in [1.29, 1.82) is 0 Å². The molecule has 1 rings (SSSR count). The van der Waals surface area contributed by atoms with Crippen LogP contribution in [0.15, 0.2) is 29.2 Å². The Bertz CT molecular complexity index is 481.